The molecule has 566 valence electrons. The van der Waals surface area contributed by atoms with Crippen LogP contribution in [0.1, 0.15) is 44.5 Å². The molecule has 0 bridgehead atoms. The van der Waals surface area contributed by atoms with Crippen molar-refractivity contribution in [2.45, 2.75) is 51.3 Å². The number of nitrogens with one attached hydrogen (secondary N) is 1. The third kappa shape index (κ3) is 32.0. The quantitative estimate of drug-likeness (QED) is 0.0269. The smallest absolute Gasteiger partial charge is 0.423 e. The summed E-state index contributed by atoms with van der Waals surface area (Å²) in [4.78, 5) is 6.20. The minimum absolute atomic E-state index is 0. The number of aromatic nitrogens is 8. The van der Waals surface area contributed by atoms with Gasteiger partial charge < -0.3 is 44.2 Å². The van der Waals surface area contributed by atoms with Crippen molar-refractivity contribution in [3.05, 3.63) is 239 Å². The molecule has 2 aliphatic rings. The number of halogens is 14. The van der Waals surface area contributed by atoms with E-state index >= 15 is 0 Å². The molecule has 0 spiro atoms. The molecule has 36 heteroatoms. The van der Waals surface area contributed by atoms with Crippen LogP contribution in [0.5, 0.6) is 23.0 Å². The number of anilines is 1. The summed E-state index contributed by atoms with van der Waals surface area (Å²) in [5, 5.41) is 61.3. The van der Waals surface area contributed by atoms with Crippen LogP contribution < -0.4 is 30.1 Å². The third-order valence-corrected chi connectivity index (χ3v) is 15.0. The number of nitriles is 2. The number of morpholine rings is 2. The van der Waals surface area contributed by atoms with Crippen molar-refractivity contribution in [2.75, 3.05) is 77.3 Å². The molecule has 107 heavy (non-hydrogen) atoms. The number of nitrogens with zero attached hydrogens (tertiary/aromatic N) is 11. The number of ether oxygens (including phenoxy) is 6. The molecule has 12 rings (SSSR count). The van der Waals surface area contributed by atoms with Gasteiger partial charge in [0.25, 0.3) is 0 Å². The molecule has 0 amide bonds. The number of alkyl halides is 13. The van der Waals surface area contributed by atoms with Crippen molar-refractivity contribution >= 4 is 42.3 Å². The van der Waals surface area contributed by atoms with Gasteiger partial charge in [0.05, 0.1) is 50.2 Å². The van der Waals surface area contributed by atoms with E-state index in [4.69, 9.17) is 47.4 Å². The monoisotopic (exact) mass is 1540 g/mol. The molecule has 21 nitrogen and oxygen atoms in total. The van der Waals surface area contributed by atoms with Crippen LogP contribution in [-0.2, 0) is 35.3 Å². The minimum Gasteiger partial charge on any atom is -0.423 e. The first kappa shape index (κ1) is 85.4. The van der Waals surface area contributed by atoms with Gasteiger partial charge in [-0.05, 0) is 135 Å². The number of rotatable bonds is 18. The van der Waals surface area contributed by atoms with Crippen molar-refractivity contribution in [1.82, 2.24) is 50.6 Å². The first-order chi connectivity index (χ1) is 50.6. The topological polar surface area (TPSA) is 274 Å². The van der Waals surface area contributed by atoms with E-state index in [-0.39, 0.29) is 35.1 Å². The van der Waals surface area contributed by atoms with Crippen LogP contribution in [0.4, 0.5) is 58.4 Å². The molecule has 2 fully saturated rings. The summed E-state index contributed by atoms with van der Waals surface area (Å²) in [6.45, 7) is 9.59. The van der Waals surface area contributed by atoms with Crippen LogP contribution in [-0.4, -0.2) is 165 Å². The van der Waals surface area contributed by atoms with Gasteiger partial charge in [0.1, 0.15) is 29.1 Å². The Balaban J connectivity index is 0.000000211. The number of tetrazole rings is 2. The van der Waals surface area contributed by atoms with E-state index in [0.717, 1.165) is 140 Å². The average Bonchev–Trinajstić information content (AvgIpc) is 1.78. The number of hydrogen-bond donors (Lipinski definition) is 4. The second kappa shape index (κ2) is 42.6. The Hall–Kier alpha value is -10.6. The Morgan fingerprint density at radius 3 is 1.23 bits per heavy atom. The highest BCUT2D eigenvalue weighted by Gasteiger charge is 2.34. The van der Waals surface area contributed by atoms with Gasteiger partial charge >= 0.3 is 32.6 Å². The molecule has 8 aromatic carbocycles. The van der Waals surface area contributed by atoms with E-state index in [1.54, 1.807) is 77.6 Å². The first-order valence-corrected chi connectivity index (χ1v) is 32.5. The lowest BCUT2D eigenvalue weighted by Gasteiger charge is -2.25. The van der Waals surface area contributed by atoms with Crippen molar-refractivity contribution in [3.8, 4) is 57.9 Å². The van der Waals surface area contributed by atoms with Gasteiger partial charge in [-0.25, -0.2) is 0 Å². The van der Waals surface area contributed by atoms with E-state index in [1.165, 1.54) is 36.4 Å². The zero-order valence-electron chi connectivity index (χ0n) is 56.3. The lowest BCUT2D eigenvalue weighted by atomic mass is 9.80. The first-order valence-electron chi connectivity index (χ1n) is 31.9. The zero-order chi connectivity index (χ0) is 76.5. The van der Waals surface area contributed by atoms with Crippen molar-refractivity contribution < 1.29 is 91.2 Å². The molecule has 2 aromatic heterocycles. The minimum atomic E-state index is -4.74. The van der Waals surface area contributed by atoms with E-state index in [9.17, 15) is 52.7 Å². The predicted octanol–water partition coefficient (Wildman–Crippen LogP) is 13.0. The van der Waals surface area contributed by atoms with Crippen LogP contribution in [0.3, 0.4) is 0 Å². The second-order valence-corrected chi connectivity index (χ2v) is 22.8. The van der Waals surface area contributed by atoms with Crippen LogP contribution in [0.15, 0.2) is 194 Å². The van der Waals surface area contributed by atoms with E-state index in [0.29, 0.717) is 54.3 Å². The Labute approximate surface area is 617 Å². The molecule has 0 atom stereocenters. The summed E-state index contributed by atoms with van der Waals surface area (Å²) < 4.78 is 170. The number of nitrogens with two attached hydrogens (primary N) is 1. The molecule has 2 saturated heterocycles. The second-order valence-electron chi connectivity index (χ2n) is 22.4. The maximum Gasteiger partial charge on any atom is 0.573 e. The highest BCUT2D eigenvalue weighted by molar-refractivity contribution is 6.58. The summed E-state index contributed by atoms with van der Waals surface area (Å²) in [5.74, 6) is 0.589. The van der Waals surface area contributed by atoms with Crippen LogP contribution in [0.25, 0.3) is 22.8 Å². The summed E-state index contributed by atoms with van der Waals surface area (Å²) in [6.07, 6.45) is -17.3. The fourth-order valence-electron chi connectivity index (χ4n) is 9.82. The molecule has 4 heterocycles. The van der Waals surface area contributed by atoms with Crippen molar-refractivity contribution in [2.24, 2.45) is 0 Å². The number of para-hydroxylation sites is 1. The van der Waals surface area contributed by atoms with Crippen molar-refractivity contribution in [1.29, 1.82) is 10.5 Å². The third-order valence-electron chi connectivity index (χ3n) is 14.8. The maximum absolute atomic E-state index is 12.3. The van der Waals surface area contributed by atoms with Crippen molar-refractivity contribution in [3.63, 3.8) is 0 Å². The average molecular weight is 1540 g/mol. The molecule has 0 unspecified atom stereocenters. The van der Waals surface area contributed by atoms with E-state index in [1.807, 2.05) is 66.7 Å². The number of H-pyrrole nitrogens is 1. The lowest BCUT2D eigenvalue weighted by molar-refractivity contribution is -0.275. The summed E-state index contributed by atoms with van der Waals surface area (Å²) >= 11 is 5.55. The molecular weight excluding hydrogens is 1470 g/mol. The van der Waals surface area contributed by atoms with E-state index in [2.05, 4.69) is 70.9 Å². The van der Waals surface area contributed by atoms with Gasteiger partial charge in [0.2, 0.25) is 11.6 Å². The fraction of sp³-hybridized carbons (Fsp3) is 0.268. The number of nitrogen functional groups attached to an aromatic ring is 1. The van der Waals surface area contributed by atoms with Gasteiger partial charge in [-0.15, -0.1) is 97.1 Å². The molecule has 0 saturated carbocycles. The Bertz CT molecular complexity index is 4320. The summed E-state index contributed by atoms with van der Waals surface area (Å²) in [5.41, 5.74) is 14.0. The van der Waals surface area contributed by atoms with Crippen LogP contribution in [0, 0.1) is 22.7 Å². The number of aromatic amines is 1. The number of benzene rings is 8. The highest BCUT2D eigenvalue weighted by atomic mass is 35.5. The Morgan fingerprint density at radius 2 is 0.850 bits per heavy atom. The SMILES string of the molecule is Cl.ClCCN1CCOCC1.FC(F)(F)Oc1ccc(Cc2ccccc2-c2nn[nH]n2)cc1.FC(F)(F)Oc1ccc(Cc2ccccc2-c2nnn(CCN3CCOCC3)n2)cc1.N#Cc1ccccc1Cc1ccc(OC(F)(F)F)cc1.N#Cc1ccccc1N.OB(O)c1ccc(OC(F)(F)F)cc1. The molecule has 0 radical (unpaired) electrons. The normalized spacial score (nSPS) is 12.9. The van der Waals surface area contributed by atoms with Gasteiger partial charge in [-0.2, -0.15) is 20.5 Å². The van der Waals surface area contributed by atoms with Gasteiger partial charge in [0.15, 0.2) is 0 Å². The lowest BCUT2D eigenvalue weighted by Crippen LogP contribution is -2.38. The van der Waals surface area contributed by atoms with E-state index < -0.39 is 38.3 Å². The summed E-state index contributed by atoms with van der Waals surface area (Å²) in [6, 6.07) is 54.8. The molecule has 2 aliphatic heterocycles. The van der Waals surface area contributed by atoms with Gasteiger partial charge in [0, 0.05) is 62.0 Å². The highest BCUT2D eigenvalue weighted by Crippen LogP contribution is 2.30. The molecule has 0 aliphatic carbocycles. The standard InChI is InChI=1S/C21H22F3N5O2.C15H11F3N4O.C15H10F3NO.C7H6BF3O3.C7H6N2.C6H12ClNO.ClH/c22-21(23,24)31-18-7-5-16(6-8-18)15-17-3-1-2-4-19(17)20-25-27-29(26-20)10-9-28-11-13-30-14-12-28;16-15(17,18)23-12-7-5-10(6-8-12)9-11-3-1-2-4-13(11)14-19-21-22-20-14;16-15(17,18)20-14-7-5-11(6-8-14)9-12-3-1-2-4-13(12)10-19;9-7(10,11)14-6-3-1-5(2-4-6)8(12)13;8-5-6-3-1-2-4-7(6)9;7-1-2-8-3-5-9-6-4-8;/h1-8H,9-15H2;1-8H,9H2,(H,19,20,21,22);1-8H,9H2;1-4,12-13H;1-4H,9H2;1-6H2;1H. The summed E-state index contributed by atoms with van der Waals surface area (Å²) in [7, 11) is -1.70. The maximum atomic E-state index is 12.3. The fourth-order valence-corrected chi connectivity index (χ4v) is 10.1. The molecule has 10 aromatic rings. The number of hydrogen-bond acceptors (Lipinski definition) is 19. The molecular formula is C71H68BCl2F12N13O8. The van der Waals surface area contributed by atoms with Gasteiger partial charge in [-0.1, -0.05) is 127 Å². The van der Waals surface area contributed by atoms with Crippen LogP contribution in [0.2, 0.25) is 0 Å². The zero-order valence-corrected chi connectivity index (χ0v) is 57.9. The predicted molar refractivity (Wildman–Crippen MR) is 373 cm³/mol. The van der Waals surface area contributed by atoms with Gasteiger partial charge in [-0.3, -0.25) is 9.80 Å². The van der Waals surface area contributed by atoms with Crippen LogP contribution >= 0.6 is 24.0 Å². The largest absolute Gasteiger partial charge is 0.573 e. The Morgan fingerprint density at radius 1 is 0.477 bits per heavy atom. The Kier molecular flexibility index (Phi) is 34.0. The molecule has 5 N–H and O–H groups in total.